The molecule has 2 N–H and O–H groups in total. The maximum Gasteiger partial charge on any atom is 0.332 e. The van der Waals surface area contributed by atoms with E-state index in [1.807, 2.05) is 37.3 Å². The Kier molecular flexibility index (Phi) is 8.45. The summed E-state index contributed by atoms with van der Waals surface area (Å²) in [6.07, 6.45) is 4.89. The van der Waals surface area contributed by atoms with Crippen LogP contribution in [0.15, 0.2) is 42.1 Å². The highest BCUT2D eigenvalue weighted by Crippen LogP contribution is 2.13. The lowest BCUT2D eigenvalue weighted by Crippen LogP contribution is -2.06. The number of carbonyl (C=O) groups excluding carboxylic acids is 1. The molecule has 1 aromatic rings. The molecule has 5 nitrogen and oxygen atoms in total. The summed E-state index contributed by atoms with van der Waals surface area (Å²) in [6.45, 7) is 5.60. The summed E-state index contributed by atoms with van der Waals surface area (Å²) in [6, 6.07) is 7.63. The van der Waals surface area contributed by atoms with Crippen molar-refractivity contribution in [2.45, 2.75) is 13.8 Å². The Morgan fingerprint density at radius 3 is 2.59 bits per heavy atom. The zero-order chi connectivity index (χ0) is 16.2. The van der Waals surface area contributed by atoms with E-state index < -0.39 is 5.97 Å². The quantitative estimate of drug-likeness (QED) is 0.431. The van der Waals surface area contributed by atoms with E-state index in [9.17, 15) is 4.79 Å². The first-order valence-corrected chi connectivity index (χ1v) is 7.19. The maximum absolute atomic E-state index is 11.2. The zero-order valence-corrected chi connectivity index (χ0v) is 13.1. The minimum Gasteiger partial charge on any atom is -0.491 e. The van der Waals surface area contributed by atoms with Crippen LogP contribution in [0.3, 0.4) is 0 Å². The van der Waals surface area contributed by atoms with Crippen molar-refractivity contribution in [3.63, 3.8) is 0 Å². The molecule has 22 heavy (non-hydrogen) atoms. The molecule has 1 aromatic carbocycles. The Labute approximate surface area is 131 Å². The number of allylic oxidation sites excluding steroid dienone is 1. The minimum absolute atomic E-state index is 0.204. The topological polar surface area (TPSA) is 70.8 Å². The third kappa shape index (κ3) is 8.11. The zero-order valence-electron chi connectivity index (χ0n) is 13.1. The van der Waals surface area contributed by atoms with Crippen LogP contribution < -0.4 is 10.5 Å². The van der Waals surface area contributed by atoms with Crippen molar-refractivity contribution in [2.75, 3.05) is 26.4 Å². The molecule has 120 valence electrons. The number of esters is 1. The standard InChI is InChI=1S/C17H23NO4/c1-3-20-11-12-21-16-8-6-15(7-9-16)5-4-10-22-17(19)13-14(2)18/h4-9,13H,3,10-12,18H2,1-2H3. The largest absolute Gasteiger partial charge is 0.491 e. The lowest BCUT2D eigenvalue weighted by molar-refractivity contribution is -0.136. The number of benzene rings is 1. The third-order valence-corrected chi connectivity index (χ3v) is 2.56. The van der Waals surface area contributed by atoms with E-state index in [0.717, 1.165) is 11.3 Å². The molecule has 0 unspecified atom stereocenters. The molecule has 1 rings (SSSR count). The van der Waals surface area contributed by atoms with Gasteiger partial charge in [0.2, 0.25) is 0 Å². The summed E-state index contributed by atoms with van der Waals surface area (Å²) in [4.78, 5) is 11.2. The van der Waals surface area contributed by atoms with E-state index in [-0.39, 0.29) is 6.61 Å². The summed E-state index contributed by atoms with van der Waals surface area (Å²) in [5, 5.41) is 0. The summed E-state index contributed by atoms with van der Waals surface area (Å²) in [7, 11) is 0. The third-order valence-electron chi connectivity index (χ3n) is 2.56. The van der Waals surface area contributed by atoms with Gasteiger partial charge in [0.1, 0.15) is 19.0 Å². The van der Waals surface area contributed by atoms with Crippen LogP contribution >= 0.6 is 0 Å². The molecule has 5 heteroatoms. The van der Waals surface area contributed by atoms with Crippen molar-refractivity contribution in [1.82, 2.24) is 0 Å². The fourth-order valence-corrected chi connectivity index (χ4v) is 1.58. The fraction of sp³-hybridized carbons (Fsp3) is 0.353. The van der Waals surface area contributed by atoms with Crippen LogP contribution in [-0.2, 0) is 14.3 Å². The molecular formula is C17H23NO4. The lowest BCUT2D eigenvalue weighted by atomic mass is 10.2. The molecule has 0 fully saturated rings. The molecule has 0 saturated heterocycles. The van der Waals surface area contributed by atoms with Gasteiger partial charge in [-0.05, 0) is 37.6 Å². The predicted octanol–water partition coefficient (Wildman–Crippen LogP) is 2.52. The highest BCUT2D eigenvalue weighted by atomic mass is 16.5. The van der Waals surface area contributed by atoms with Crippen LogP contribution in [-0.4, -0.2) is 32.4 Å². The molecule has 0 saturated carbocycles. The molecule has 0 heterocycles. The van der Waals surface area contributed by atoms with Crippen LogP contribution in [0.2, 0.25) is 0 Å². The molecule has 0 bridgehead atoms. The van der Waals surface area contributed by atoms with Crippen molar-refractivity contribution >= 4 is 12.0 Å². The molecular weight excluding hydrogens is 282 g/mol. The van der Waals surface area contributed by atoms with Gasteiger partial charge in [0, 0.05) is 18.4 Å². The summed E-state index contributed by atoms with van der Waals surface area (Å²) >= 11 is 0. The maximum atomic E-state index is 11.2. The van der Waals surface area contributed by atoms with Gasteiger partial charge in [-0.3, -0.25) is 0 Å². The van der Waals surface area contributed by atoms with E-state index in [1.54, 1.807) is 13.0 Å². The molecule has 0 aromatic heterocycles. The Balaban J connectivity index is 2.33. The van der Waals surface area contributed by atoms with Crippen LogP contribution in [0.4, 0.5) is 0 Å². The number of hydrogen-bond acceptors (Lipinski definition) is 5. The van der Waals surface area contributed by atoms with Crippen LogP contribution in [0.1, 0.15) is 19.4 Å². The van der Waals surface area contributed by atoms with Crippen molar-refractivity contribution in [1.29, 1.82) is 0 Å². The normalized spacial score (nSPS) is 11.6. The highest BCUT2D eigenvalue weighted by Gasteiger charge is 1.96. The molecule has 0 atom stereocenters. The Bertz CT molecular complexity index is 502. The predicted molar refractivity (Wildman–Crippen MR) is 86.4 cm³/mol. The van der Waals surface area contributed by atoms with Crippen molar-refractivity contribution in [3.8, 4) is 5.75 Å². The van der Waals surface area contributed by atoms with Gasteiger partial charge in [0.05, 0.1) is 6.61 Å². The van der Waals surface area contributed by atoms with Gasteiger partial charge in [0.25, 0.3) is 0 Å². The molecule has 0 radical (unpaired) electrons. The number of rotatable bonds is 9. The molecule has 0 aliphatic carbocycles. The minimum atomic E-state index is -0.442. The van der Waals surface area contributed by atoms with Crippen molar-refractivity contribution in [2.24, 2.45) is 5.73 Å². The van der Waals surface area contributed by atoms with Gasteiger partial charge in [-0.2, -0.15) is 0 Å². The first-order valence-electron chi connectivity index (χ1n) is 7.19. The van der Waals surface area contributed by atoms with Crippen LogP contribution in [0.5, 0.6) is 5.75 Å². The smallest absolute Gasteiger partial charge is 0.332 e. The summed E-state index contributed by atoms with van der Waals surface area (Å²) in [5.74, 6) is 0.356. The SMILES string of the molecule is CCOCCOc1ccc(C=CCOC(=O)C=C(C)N)cc1. The van der Waals surface area contributed by atoms with E-state index >= 15 is 0 Å². The summed E-state index contributed by atoms with van der Waals surface area (Å²) < 4.78 is 15.7. The molecule has 0 aliphatic heterocycles. The van der Waals surface area contributed by atoms with Crippen molar-refractivity contribution in [3.05, 3.63) is 47.7 Å². The van der Waals surface area contributed by atoms with Crippen LogP contribution in [0.25, 0.3) is 6.08 Å². The summed E-state index contributed by atoms with van der Waals surface area (Å²) in [5.41, 5.74) is 6.80. The molecule has 0 aliphatic rings. The Morgan fingerprint density at radius 1 is 1.23 bits per heavy atom. The second kappa shape index (κ2) is 10.5. The number of ether oxygens (including phenoxy) is 3. The average Bonchev–Trinajstić information content (AvgIpc) is 2.49. The lowest BCUT2D eigenvalue weighted by Gasteiger charge is -2.06. The van der Waals surface area contributed by atoms with Gasteiger partial charge in [0.15, 0.2) is 0 Å². The van der Waals surface area contributed by atoms with E-state index in [1.165, 1.54) is 6.08 Å². The highest BCUT2D eigenvalue weighted by molar-refractivity contribution is 5.82. The van der Waals surface area contributed by atoms with Gasteiger partial charge in [-0.25, -0.2) is 4.79 Å². The Hall–Kier alpha value is -2.27. The van der Waals surface area contributed by atoms with Gasteiger partial charge in [-0.1, -0.05) is 18.2 Å². The monoisotopic (exact) mass is 305 g/mol. The fourth-order valence-electron chi connectivity index (χ4n) is 1.58. The second-order valence-electron chi connectivity index (χ2n) is 4.54. The molecule has 0 amide bonds. The van der Waals surface area contributed by atoms with Crippen molar-refractivity contribution < 1.29 is 19.0 Å². The Morgan fingerprint density at radius 2 is 1.95 bits per heavy atom. The number of nitrogens with two attached hydrogens (primary N) is 1. The second-order valence-corrected chi connectivity index (χ2v) is 4.54. The van der Waals surface area contributed by atoms with E-state index in [4.69, 9.17) is 19.9 Å². The van der Waals surface area contributed by atoms with E-state index in [0.29, 0.717) is 25.5 Å². The number of hydrogen-bond donors (Lipinski definition) is 1. The van der Waals surface area contributed by atoms with Gasteiger partial charge in [-0.15, -0.1) is 0 Å². The first kappa shape index (κ1) is 17.8. The first-order chi connectivity index (χ1) is 10.6. The average molecular weight is 305 g/mol. The van der Waals surface area contributed by atoms with Gasteiger partial charge < -0.3 is 19.9 Å². The molecule has 0 spiro atoms. The van der Waals surface area contributed by atoms with Crippen LogP contribution in [0, 0.1) is 0 Å². The number of carbonyl (C=O) groups is 1. The van der Waals surface area contributed by atoms with E-state index in [2.05, 4.69) is 0 Å². The van der Waals surface area contributed by atoms with Gasteiger partial charge >= 0.3 is 5.97 Å².